The van der Waals surface area contributed by atoms with Crippen molar-refractivity contribution in [3.8, 4) is 5.75 Å². The van der Waals surface area contributed by atoms with E-state index in [9.17, 15) is 4.79 Å². The quantitative estimate of drug-likeness (QED) is 0.895. The number of rotatable bonds is 4. The van der Waals surface area contributed by atoms with E-state index in [0.29, 0.717) is 28.0 Å². The molecule has 0 unspecified atom stereocenters. The number of ether oxygens (including phenoxy) is 1. The average molecular weight is 361 g/mol. The lowest BCUT2D eigenvalue weighted by Crippen LogP contribution is -2.32. The Morgan fingerprint density at radius 3 is 2.56 bits per heavy atom. The van der Waals surface area contributed by atoms with E-state index in [0.717, 1.165) is 25.9 Å². The molecule has 0 aliphatic carbocycles. The SMILES string of the molecule is COc1ccc(Cl)cc1Nc1cnc(C(=O)N2CCCCCC2)cn1. The van der Waals surface area contributed by atoms with Gasteiger partial charge in [0.1, 0.15) is 17.3 Å². The minimum Gasteiger partial charge on any atom is -0.495 e. The van der Waals surface area contributed by atoms with E-state index >= 15 is 0 Å². The van der Waals surface area contributed by atoms with Gasteiger partial charge in [-0.2, -0.15) is 0 Å². The molecule has 132 valence electrons. The summed E-state index contributed by atoms with van der Waals surface area (Å²) in [5.41, 5.74) is 1.06. The molecule has 2 heterocycles. The van der Waals surface area contributed by atoms with Crippen molar-refractivity contribution in [2.45, 2.75) is 25.7 Å². The normalized spacial score (nSPS) is 14.7. The molecule has 0 radical (unpaired) electrons. The number of hydrogen-bond donors (Lipinski definition) is 1. The molecule has 0 spiro atoms. The van der Waals surface area contributed by atoms with Gasteiger partial charge in [-0.25, -0.2) is 9.97 Å². The predicted octanol–water partition coefficient (Wildman–Crippen LogP) is 3.90. The van der Waals surface area contributed by atoms with Crippen molar-refractivity contribution in [1.29, 1.82) is 0 Å². The summed E-state index contributed by atoms with van der Waals surface area (Å²) in [6.45, 7) is 1.58. The van der Waals surface area contributed by atoms with Crippen LogP contribution in [0.2, 0.25) is 5.02 Å². The van der Waals surface area contributed by atoms with Crippen molar-refractivity contribution in [3.63, 3.8) is 0 Å². The van der Waals surface area contributed by atoms with E-state index < -0.39 is 0 Å². The Labute approximate surface area is 152 Å². The highest BCUT2D eigenvalue weighted by atomic mass is 35.5. The molecule has 1 aliphatic rings. The molecular weight excluding hydrogens is 340 g/mol. The van der Waals surface area contributed by atoms with E-state index in [1.54, 1.807) is 31.5 Å². The zero-order valence-electron chi connectivity index (χ0n) is 14.2. The number of anilines is 2. The highest BCUT2D eigenvalue weighted by Gasteiger charge is 2.18. The van der Waals surface area contributed by atoms with Gasteiger partial charge in [0, 0.05) is 18.1 Å². The van der Waals surface area contributed by atoms with Crippen molar-refractivity contribution in [3.05, 3.63) is 41.3 Å². The molecule has 1 fully saturated rings. The number of carbonyl (C=O) groups is 1. The highest BCUT2D eigenvalue weighted by molar-refractivity contribution is 6.31. The number of nitrogens with zero attached hydrogens (tertiary/aromatic N) is 3. The van der Waals surface area contributed by atoms with E-state index in [2.05, 4.69) is 15.3 Å². The van der Waals surface area contributed by atoms with E-state index in [-0.39, 0.29) is 5.91 Å². The number of carbonyl (C=O) groups excluding carboxylic acids is 1. The van der Waals surface area contributed by atoms with Crippen LogP contribution < -0.4 is 10.1 Å². The number of halogens is 1. The summed E-state index contributed by atoms with van der Waals surface area (Å²) >= 11 is 6.02. The third kappa shape index (κ3) is 4.39. The minimum absolute atomic E-state index is 0.0544. The van der Waals surface area contributed by atoms with Crippen LogP contribution in [0.25, 0.3) is 0 Å². The number of likely N-dealkylation sites (tertiary alicyclic amines) is 1. The molecule has 1 aromatic carbocycles. The molecule has 0 atom stereocenters. The van der Waals surface area contributed by atoms with Crippen LogP contribution in [0.1, 0.15) is 36.2 Å². The first-order valence-electron chi connectivity index (χ1n) is 8.39. The van der Waals surface area contributed by atoms with Gasteiger partial charge in [-0.1, -0.05) is 24.4 Å². The molecule has 6 nitrogen and oxygen atoms in total. The maximum atomic E-state index is 12.5. The van der Waals surface area contributed by atoms with Gasteiger partial charge < -0.3 is 15.0 Å². The third-order valence-electron chi connectivity index (χ3n) is 4.19. The monoisotopic (exact) mass is 360 g/mol. The molecule has 2 aromatic rings. The van der Waals surface area contributed by atoms with Crippen molar-refractivity contribution in [1.82, 2.24) is 14.9 Å². The zero-order chi connectivity index (χ0) is 17.6. The summed E-state index contributed by atoms with van der Waals surface area (Å²) in [7, 11) is 1.59. The Kier molecular flexibility index (Phi) is 5.71. The molecule has 25 heavy (non-hydrogen) atoms. The van der Waals surface area contributed by atoms with Crippen LogP contribution in [-0.4, -0.2) is 41.0 Å². The van der Waals surface area contributed by atoms with Crippen LogP contribution in [0.3, 0.4) is 0 Å². The number of nitrogens with one attached hydrogen (secondary N) is 1. The first kappa shape index (κ1) is 17.5. The Morgan fingerprint density at radius 1 is 1.16 bits per heavy atom. The number of methoxy groups -OCH3 is 1. The summed E-state index contributed by atoms with van der Waals surface area (Å²) in [6, 6.07) is 5.27. The van der Waals surface area contributed by atoms with E-state index in [4.69, 9.17) is 16.3 Å². The average Bonchev–Trinajstić information content (AvgIpc) is 2.91. The molecule has 1 aromatic heterocycles. The van der Waals surface area contributed by atoms with E-state index in [1.807, 2.05) is 4.90 Å². The van der Waals surface area contributed by atoms with Gasteiger partial charge in [-0.3, -0.25) is 4.79 Å². The smallest absolute Gasteiger partial charge is 0.274 e. The number of hydrogen-bond acceptors (Lipinski definition) is 5. The van der Waals surface area contributed by atoms with E-state index in [1.165, 1.54) is 19.0 Å². The molecule has 1 saturated heterocycles. The standard InChI is InChI=1S/C18H21ClN4O2/c1-25-16-7-6-13(19)10-14(16)22-17-12-20-15(11-21-17)18(24)23-8-4-2-3-5-9-23/h6-7,10-12H,2-5,8-9H2,1H3,(H,21,22). The fraction of sp³-hybridized carbons (Fsp3) is 0.389. The molecular formula is C18H21ClN4O2. The highest BCUT2D eigenvalue weighted by Crippen LogP contribution is 2.29. The topological polar surface area (TPSA) is 67.3 Å². The van der Waals surface area contributed by atoms with Crippen LogP contribution >= 0.6 is 11.6 Å². The number of amides is 1. The van der Waals surface area contributed by atoms with Gasteiger partial charge >= 0.3 is 0 Å². The van der Waals surface area contributed by atoms with Crippen LogP contribution in [0.15, 0.2) is 30.6 Å². The summed E-state index contributed by atoms with van der Waals surface area (Å²) in [6.07, 6.45) is 7.51. The maximum absolute atomic E-state index is 12.5. The van der Waals surface area contributed by atoms with Gasteiger partial charge in [0.05, 0.1) is 25.2 Å². The molecule has 1 aliphatic heterocycles. The first-order chi connectivity index (χ1) is 12.2. The molecule has 1 amide bonds. The number of aromatic nitrogens is 2. The summed E-state index contributed by atoms with van der Waals surface area (Å²) in [5.74, 6) is 1.12. The Balaban J connectivity index is 1.72. The van der Waals surface area contributed by atoms with Crippen LogP contribution in [-0.2, 0) is 0 Å². The summed E-state index contributed by atoms with van der Waals surface area (Å²) in [5, 5.41) is 3.70. The van der Waals surface area contributed by atoms with Gasteiger partial charge in [0.25, 0.3) is 5.91 Å². The Morgan fingerprint density at radius 2 is 1.92 bits per heavy atom. The Bertz CT molecular complexity index is 728. The zero-order valence-corrected chi connectivity index (χ0v) is 14.9. The van der Waals surface area contributed by atoms with Crippen LogP contribution in [0, 0.1) is 0 Å². The van der Waals surface area contributed by atoms with Gasteiger partial charge in [0.15, 0.2) is 0 Å². The van der Waals surface area contributed by atoms with Crippen LogP contribution in [0.5, 0.6) is 5.75 Å². The Hall–Kier alpha value is -2.34. The maximum Gasteiger partial charge on any atom is 0.274 e. The molecule has 7 heteroatoms. The van der Waals surface area contributed by atoms with Crippen molar-refractivity contribution in [2.75, 3.05) is 25.5 Å². The second-order valence-corrected chi connectivity index (χ2v) is 6.40. The van der Waals surface area contributed by atoms with Crippen molar-refractivity contribution >= 4 is 29.0 Å². The predicted molar refractivity (Wildman–Crippen MR) is 97.7 cm³/mol. The second kappa shape index (κ2) is 8.16. The summed E-state index contributed by atoms with van der Waals surface area (Å²) < 4.78 is 5.30. The molecule has 0 saturated carbocycles. The van der Waals surface area contributed by atoms with Gasteiger partial charge in [0.2, 0.25) is 0 Å². The number of benzene rings is 1. The third-order valence-corrected chi connectivity index (χ3v) is 4.42. The fourth-order valence-corrected chi connectivity index (χ4v) is 3.03. The van der Waals surface area contributed by atoms with Crippen LogP contribution in [0.4, 0.5) is 11.5 Å². The lowest BCUT2D eigenvalue weighted by molar-refractivity contribution is 0.0755. The lowest BCUT2D eigenvalue weighted by Gasteiger charge is -2.19. The van der Waals surface area contributed by atoms with Gasteiger partial charge in [-0.05, 0) is 31.0 Å². The van der Waals surface area contributed by atoms with Crippen molar-refractivity contribution in [2.24, 2.45) is 0 Å². The molecule has 3 rings (SSSR count). The lowest BCUT2D eigenvalue weighted by atomic mass is 10.2. The minimum atomic E-state index is -0.0544. The largest absolute Gasteiger partial charge is 0.495 e. The molecule has 1 N–H and O–H groups in total. The van der Waals surface area contributed by atoms with Gasteiger partial charge in [-0.15, -0.1) is 0 Å². The first-order valence-corrected chi connectivity index (χ1v) is 8.77. The molecule has 0 bridgehead atoms. The second-order valence-electron chi connectivity index (χ2n) is 5.96. The van der Waals surface area contributed by atoms with Crippen molar-refractivity contribution < 1.29 is 9.53 Å². The fourth-order valence-electron chi connectivity index (χ4n) is 2.85. The summed E-state index contributed by atoms with van der Waals surface area (Å²) in [4.78, 5) is 23.0.